The van der Waals surface area contributed by atoms with Crippen LogP contribution in [0.15, 0.2) is 60.7 Å². The zero-order chi connectivity index (χ0) is 32.5. The highest BCUT2D eigenvalue weighted by molar-refractivity contribution is 7.81. The lowest BCUT2D eigenvalue weighted by Gasteiger charge is -2.45. The molecule has 2 aromatic rings. The lowest BCUT2D eigenvalue weighted by atomic mass is 9.98. The van der Waals surface area contributed by atoms with Crippen molar-refractivity contribution < 1.29 is 58.4 Å². The van der Waals surface area contributed by atoms with Crippen LogP contribution in [-0.2, 0) is 60.5 Å². The lowest BCUT2D eigenvalue weighted by molar-refractivity contribution is -0.296. The predicted octanol–water partition coefficient (Wildman–Crippen LogP) is 5.02. The molecule has 0 amide bonds. The van der Waals surface area contributed by atoms with Crippen LogP contribution >= 0.6 is 34.8 Å². The summed E-state index contributed by atoms with van der Waals surface area (Å²) in [6.07, 6.45) is -13.2. The Bertz CT molecular complexity index is 1330. The Morgan fingerprint density at radius 2 is 1.43 bits per heavy atom. The number of carbonyl (C=O) groups excluding carboxylic acids is 1. The molecule has 1 aliphatic heterocycles. The van der Waals surface area contributed by atoms with Crippen LogP contribution in [0.5, 0.6) is 0 Å². The Kier molecular flexibility index (Phi) is 13.1. The first-order valence-electron chi connectivity index (χ1n) is 12.6. The van der Waals surface area contributed by atoms with Gasteiger partial charge in [-0.05, 0) is 11.1 Å². The standard InChI is InChI=1S/C26H27Cl3F3NO10S/c1-16(34)37-14-19-20(38-12-17-8-4-2-5-9-17)21(39-13-18-10-6-3-7-11-18)22(23(41-19)42-24(33)26(27,28)29)43-44(35,36)40-15-25(30,31)32/h2-11,19-23,33H,12-15H2,1H3/t19-,20-,21+,22-,23-/m1/s1. The predicted molar refractivity (Wildman–Crippen MR) is 150 cm³/mol. The van der Waals surface area contributed by atoms with Gasteiger partial charge in [-0.3, -0.25) is 10.2 Å². The van der Waals surface area contributed by atoms with Crippen molar-refractivity contribution >= 4 is 57.1 Å². The summed E-state index contributed by atoms with van der Waals surface area (Å²) in [5.41, 5.74) is 1.26. The van der Waals surface area contributed by atoms with Crippen molar-refractivity contribution in [2.45, 2.75) is 60.8 Å². The molecule has 1 fully saturated rings. The largest absolute Gasteiger partial charge is 0.463 e. The van der Waals surface area contributed by atoms with E-state index < -0.39 is 76.2 Å². The van der Waals surface area contributed by atoms with Gasteiger partial charge in [0.25, 0.3) is 3.79 Å². The van der Waals surface area contributed by atoms with Gasteiger partial charge in [0.1, 0.15) is 24.9 Å². The molecule has 1 heterocycles. The molecular weight excluding hydrogens is 682 g/mol. The molecule has 0 spiro atoms. The van der Waals surface area contributed by atoms with Crippen molar-refractivity contribution in [2.24, 2.45) is 0 Å². The van der Waals surface area contributed by atoms with E-state index in [1.807, 2.05) is 0 Å². The molecule has 44 heavy (non-hydrogen) atoms. The third kappa shape index (κ3) is 11.9. The molecule has 1 saturated heterocycles. The van der Waals surface area contributed by atoms with Gasteiger partial charge in [-0.15, -0.1) is 0 Å². The van der Waals surface area contributed by atoms with Crippen LogP contribution in [0.2, 0.25) is 0 Å². The Morgan fingerprint density at radius 1 is 0.909 bits per heavy atom. The first-order chi connectivity index (χ1) is 20.5. The fraction of sp³-hybridized carbons (Fsp3) is 0.462. The summed E-state index contributed by atoms with van der Waals surface area (Å²) in [5.74, 6) is -1.78. The Balaban J connectivity index is 2.05. The van der Waals surface area contributed by atoms with Gasteiger partial charge in [0.05, 0.1) is 13.2 Å². The zero-order valence-corrected chi connectivity index (χ0v) is 25.8. The highest BCUT2D eigenvalue weighted by Gasteiger charge is 2.53. The molecule has 3 rings (SSSR count). The van der Waals surface area contributed by atoms with Gasteiger partial charge in [0.2, 0.25) is 12.2 Å². The fourth-order valence-corrected chi connectivity index (χ4v) is 4.76. The Hall–Kier alpha value is -2.21. The number of ether oxygens (including phenoxy) is 5. The van der Waals surface area contributed by atoms with Gasteiger partial charge in [-0.2, -0.15) is 21.6 Å². The second-order valence-corrected chi connectivity index (χ2v) is 12.7. The first kappa shape index (κ1) is 36.3. The molecular formula is C26H27Cl3F3NO10S. The van der Waals surface area contributed by atoms with Gasteiger partial charge >= 0.3 is 22.5 Å². The summed E-state index contributed by atoms with van der Waals surface area (Å²) >= 11 is 17.2. The molecule has 0 radical (unpaired) electrons. The third-order valence-electron chi connectivity index (χ3n) is 5.70. The molecule has 1 N–H and O–H groups in total. The molecule has 1 aliphatic rings. The smallest absolute Gasteiger partial charge is 0.413 e. The fourth-order valence-electron chi connectivity index (χ4n) is 3.82. The molecule has 0 aliphatic carbocycles. The van der Waals surface area contributed by atoms with Gasteiger partial charge in [0, 0.05) is 6.92 Å². The van der Waals surface area contributed by atoms with Crippen LogP contribution in [0.25, 0.3) is 0 Å². The van der Waals surface area contributed by atoms with Crippen molar-refractivity contribution in [1.82, 2.24) is 0 Å². The van der Waals surface area contributed by atoms with Crippen molar-refractivity contribution in [3.8, 4) is 0 Å². The number of nitrogens with one attached hydrogen (secondary N) is 1. The van der Waals surface area contributed by atoms with E-state index in [9.17, 15) is 26.4 Å². The summed E-state index contributed by atoms with van der Waals surface area (Å²) in [6.45, 7) is -1.89. The number of hydrogen-bond acceptors (Lipinski definition) is 11. The summed E-state index contributed by atoms with van der Waals surface area (Å²) in [4.78, 5) is 11.7. The number of carbonyl (C=O) groups is 1. The van der Waals surface area contributed by atoms with Crippen molar-refractivity contribution in [3.05, 3.63) is 71.8 Å². The molecule has 5 atom stereocenters. The van der Waals surface area contributed by atoms with E-state index in [1.54, 1.807) is 60.7 Å². The van der Waals surface area contributed by atoms with Gasteiger partial charge in [-0.1, -0.05) is 95.5 Å². The minimum atomic E-state index is -5.44. The number of esters is 1. The highest BCUT2D eigenvalue weighted by atomic mass is 35.6. The summed E-state index contributed by atoms with van der Waals surface area (Å²) in [6, 6.07) is 17.2. The highest BCUT2D eigenvalue weighted by Crippen LogP contribution is 2.35. The van der Waals surface area contributed by atoms with Gasteiger partial charge < -0.3 is 23.7 Å². The molecule has 0 saturated carbocycles. The van der Waals surface area contributed by atoms with Crippen molar-refractivity contribution in [2.75, 3.05) is 13.2 Å². The number of halogens is 6. The van der Waals surface area contributed by atoms with Crippen molar-refractivity contribution in [1.29, 1.82) is 5.41 Å². The van der Waals surface area contributed by atoms with E-state index in [2.05, 4.69) is 4.18 Å². The molecule has 244 valence electrons. The quantitative estimate of drug-likeness (QED) is 0.131. The maximum absolute atomic E-state index is 12.8. The van der Waals surface area contributed by atoms with Crippen LogP contribution in [0.3, 0.4) is 0 Å². The maximum Gasteiger partial charge on any atom is 0.413 e. The van der Waals surface area contributed by atoms with Crippen LogP contribution in [0.4, 0.5) is 13.2 Å². The average Bonchev–Trinajstić information content (AvgIpc) is 2.94. The average molecular weight is 709 g/mol. The minimum absolute atomic E-state index is 0.101. The number of benzene rings is 2. The molecule has 2 aromatic carbocycles. The van der Waals surface area contributed by atoms with Crippen LogP contribution in [0, 0.1) is 5.41 Å². The van der Waals surface area contributed by atoms with Crippen LogP contribution in [-0.4, -0.2) is 74.2 Å². The normalized spacial score (nSPS) is 22.8. The summed E-state index contributed by atoms with van der Waals surface area (Å²) < 4.78 is 98.5. The van der Waals surface area contributed by atoms with Crippen LogP contribution in [0.1, 0.15) is 18.1 Å². The third-order valence-corrected chi connectivity index (χ3v) is 7.08. The molecule has 0 aromatic heterocycles. The Labute approximate surface area is 266 Å². The SMILES string of the molecule is CC(=O)OC[C@H]1O[C@H](OC(=N)C(Cl)(Cl)Cl)[C@H](OS(=O)(=O)OCC(F)(F)F)[C@@H](OCc2ccccc2)[C@@H]1OCc1ccccc1. The van der Waals surface area contributed by atoms with Crippen molar-refractivity contribution in [3.63, 3.8) is 0 Å². The number of alkyl halides is 6. The minimum Gasteiger partial charge on any atom is -0.463 e. The monoisotopic (exact) mass is 707 g/mol. The van der Waals surface area contributed by atoms with E-state index in [4.69, 9.17) is 68.1 Å². The molecule has 0 unspecified atom stereocenters. The molecule has 11 nitrogen and oxygen atoms in total. The Morgan fingerprint density at radius 3 is 1.91 bits per heavy atom. The topological polar surface area (TPSA) is 140 Å². The molecule has 18 heteroatoms. The van der Waals surface area contributed by atoms with Crippen LogP contribution < -0.4 is 0 Å². The lowest BCUT2D eigenvalue weighted by Crippen LogP contribution is -2.62. The zero-order valence-electron chi connectivity index (χ0n) is 22.7. The first-order valence-corrected chi connectivity index (χ1v) is 15.1. The van der Waals surface area contributed by atoms with Gasteiger partial charge in [-0.25, -0.2) is 8.37 Å². The maximum atomic E-state index is 12.8. The molecule has 0 bridgehead atoms. The van der Waals surface area contributed by atoms with Gasteiger partial charge in [0.15, 0.2) is 12.7 Å². The van der Waals surface area contributed by atoms with E-state index in [0.29, 0.717) is 11.1 Å². The number of rotatable bonds is 13. The second-order valence-electron chi connectivity index (χ2n) is 9.16. The second kappa shape index (κ2) is 15.9. The van der Waals surface area contributed by atoms with E-state index in [-0.39, 0.29) is 13.2 Å². The van der Waals surface area contributed by atoms with E-state index in [0.717, 1.165) is 6.92 Å². The van der Waals surface area contributed by atoms with E-state index >= 15 is 0 Å². The number of hydrogen-bond donors (Lipinski definition) is 1. The summed E-state index contributed by atoms with van der Waals surface area (Å²) in [7, 11) is -5.44. The van der Waals surface area contributed by atoms with E-state index in [1.165, 1.54) is 0 Å². The summed E-state index contributed by atoms with van der Waals surface area (Å²) in [5, 5.41) is 8.00.